The van der Waals surface area contributed by atoms with E-state index in [1.54, 1.807) is 0 Å². The zero-order valence-corrected chi connectivity index (χ0v) is 13.9. The van der Waals surface area contributed by atoms with Gasteiger partial charge in [-0.2, -0.15) is 0 Å². The van der Waals surface area contributed by atoms with Gasteiger partial charge in [0.25, 0.3) is 0 Å². The van der Waals surface area contributed by atoms with Crippen molar-refractivity contribution in [2.24, 2.45) is 23.7 Å². The van der Waals surface area contributed by atoms with E-state index in [0.717, 1.165) is 6.42 Å². The lowest BCUT2D eigenvalue weighted by Gasteiger charge is -2.36. The number of likely N-dealkylation sites (tertiary alicyclic amines) is 1. The van der Waals surface area contributed by atoms with E-state index in [9.17, 15) is 9.59 Å². The van der Waals surface area contributed by atoms with Crippen molar-refractivity contribution >= 4 is 12.0 Å². The summed E-state index contributed by atoms with van der Waals surface area (Å²) in [7, 11) is 1.32. The van der Waals surface area contributed by atoms with Gasteiger partial charge in [-0.3, -0.25) is 4.79 Å². The van der Waals surface area contributed by atoms with Crippen molar-refractivity contribution in [3.63, 3.8) is 0 Å². The van der Waals surface area contributed by atoms with E-state index in [1.807, 2.05) is 13.8 Å². The Balaban J connectivity index is 2.17. The average molecular weight is 296 g/mol. The fourth-order valence-electron chi connectivity index (χ4n) is 3.91. The molecule has 1 aliphatic heterocycles. The Morgan fingerprint density at radius 3 is 2.33 bits per heavy atom. The first-order chi connectivity index (χ1) is 9.79. The predicted octanol–water partition coefficient (Wildman–Crippen LogP) is 2.26. The Morgan fingerprint density at radius 1 is 1.24 bits per heavy atom. The molecule has 5 heteroatoms. The number of fused-ring (bicyclic) bond motifs is 1. The first kappa shape index (κ1) is 16.1. The number of hydrogen-bond acceptors (Lipinski definition) is 3. The number of alkyl carbamates (subject to hydrolysis) is 1. The van der Waals surface area contributed by atoms with Gasteiger partial charge in [-0.05, 0) is 30.1 Å². The van der Waals surface area contributed by atoms with E-state index in [-0.39, 0.29) is 17.9 Å². The van der Waals surface area contributed by atoms with Crippen LogP contribution in [0, 0.1) is 23.7 Å². The zero-order chi connectivity index (χ0) is 15.9. The fraction of sp³-hybridized carbons (Fsp3) is 0.875. The van der Waals surface area contributed by atoms with Crippen molar-refractivity contribution in [1.82, 2.24) is 10.2 Å². The third-order valence-corrected chi connectivity index (χ3v) is 5.03. The van der Waals surface area contributed by atoms with Crippen molar-refractivity contribution in [2.75, 3.05) is 7.11 Å². The normalized spacial score (nSPS) is 32.1. The number of carbonyl (C=O) groups excluding carboxylic acids is 2. The lowest BCUT2D eigenvalue weighted by molar-refractivity contribution is -0.137. The number of amides is 2. The van der Waals surface area contributed by atoms with E-state index >= 15 is 0 Å². The molecule has 1 saturated heterocycles. The van der Waals surface area contributed by atoms with Crippen LogP contribution in [0.5, 0.6) is 0 Å². The molecule has 1 saturated carbocycles. The topological polar surface area (TPSA) is 58.6 Å². The first-order valence-electron chi connectivity index (χ1n) is 7.96. The number of ether oxygens (including phenoxy) is 1. The number of nitrogens with zero attached hydrogens (tertiary/aromatic N) is 1. The molecular formula is C16H28N2O3. The monoisotopic (exact) mass is 296 g/mol. The lowest BCUT2D eigenvalue weighted by atomic mass is 9.89. The van der Waals surface area contributed by atoms with Crippen LogP contribution in [0.4, 0.5) is 4.79 Å². The third kappa shape index (κ3) is 2.87. The largest absolute Gasteiger partial charge is 0.453 e. The van der Waals surface area contributed by atoms with Gasteiger partial charge in [0.2, 0.25) is 5.91 Å². The Morgan fingerprint density at radius 2 is 1.86 bits per heavy atom. The average Bonchev–Trinajstić information content (AvgIpc) is 3.14. The van der Waals surface area contributed by atoms with Gasteiger partial charge in [0.1, 0.15) is 6.04 Å². The van der Waals surface area contributed by atoms with Crippen molar-refractivity contribution < 1.29 is 14.3 Å². The number of piperidine rings is 1. The molecule has 1 heterocycles. The highest BCUT2D eigenvalue weighted by atomic mass is 16.5. The second kappa shape index (κ2) is 5.85. The van der Waals surface area contributed by atoms with E-state index in [2.05, 4.69) is 35.7 Å². The van der Waals surface area contributed by atoms with Crippen LogP contribution in [-0.2, 0) is 9.53 Å². The summed E-state index contributed by atoms with van der Waals surface area (Å²) in [6.07, 6.45) is 0.571. The standard InChI is InChI=1S/C16H28N2O3/c1-8(2)13(17-16(20)21-6)15(19)18-12-7-11(12)10(5)14(18)9(3)4/h8-14H,7H2,1-6H3,(H,17,20)/t10-,11-,12?,13?,14-/m1/s1. The third-order valence-electron chi connectivity index (χ3n) is 5.03. The second-order valence-corrected chi connectivity index (χ2v) is 7.16. The number of nitrogens with one attached hydrogen (secondary N) is 1. The molecule has 0 spiro atoms. The molecule has 1 aliphatic carbocycles. The molecule has 2 aliphatic rings. The van der Waals surface area contributed by atoms with E-state index in [0.29, 0.717) is 23.8 Å². The number of hydrogen-bond donors (Lipinski definition) is 1. The van der Waals surface area contributed by atoms with Gasteiger partial charge in [-0.15, -0.1) is 0 Å². The Hall–Kier alpha value is -1.26. The Bertz CT molecular complexity index is 422. The van der Waals surface area contributed by atoms with Crippen LogP contribution in [0.1, 0.15) is 41.0 Å². The van der Waals surface area contributed by atoms with Crippen molar-refractivity contribution in [1.29, 1.82) is 0 Å². The van der Waals surface area contributed by atoms with Crippen LogP contribution in [0.25, 0.3) is 0 Å². The highest BCUT2D eigenvalue weighted by Gasteiger charge is 2.59. The molecular weight excluding hydrogens is 268 g/mol. The van der Waals surface area contributed by atoms with Gasteiger partial charge in [-0.25, -0.2) is 4.79 Å². The summed E-state index contributed by atoms with van der Waals surface area (Å²) in [5, 5.41) is 2.70. The zero-order valence-electron chi connectivity index (χ0n) is 13.9. The predicted molar refractivity (Wildman–Crippen MR) is 80.7 cm³/mol. The molecule has 120 valence electrons. The molecule has 0 radical (unpaired) electrons. The summed E-state index contributed by atoms with van der Waals surface area (Å²) in [5.41, 5.74) is 0. The summed E-state index contributed by atoms with van der Waals surface area (Å²) in [6, 6.07) is 0.146. The van der Waals surface area contributed by atoms with Crippen LogP contribution in [0.2, 0.25) is 0 Å². The summed E-state index contributed by atoms with van der Waals surface area (Å²) in [4.78, 5) is 26.6. The Kier molecular flexibility index (Phi) is 4.49. The van der Waals surface area contributed by atoms with Crippen LogP contribution in [-0.4, -0.2) is 42.1 Å². The van der Waals surface area contributed by atoms with Crippen molar-refractivity contribution in [2.45, 2.75) is 59.2 Å². The highest BCUT2D eigenvalue weighted by molar-refractivity contribution is 5.87. The van der Waals surface area contributed by atoms with Crippen LogP contribution >= 0.6 is 0 Å². The molecule has 2 amide bonds. The molecule has 5 nitrogen and oxygen atoms in total. The van der Waals surface area contributed by atoms with Crippen molar-refractivity contribution in [3.8, 4) is 0 Å². The summed E-state index contributed by atoms with van der Waals surface area (Å²) >= 11 is 0. The van der Waals surface area contributed by atoms with Gasteiger partial charge in [0.05, 0.1) is 7.11 Å². The van der Waals surface area contributed by atoms with Gasteiger partial charge in [0.15, 0.2) is 0 Å². The minimum Gasteiger partial charge on any atom is -0.453 e. The molecule has 1 N–H and O–H groups in total. The number of rotatable bonds is 4. The fourth-order valence-corrected chi connectivity index (χ4v) is 3.91. The molecule has 0 aromatic carbocycles. The molecule has 2 unspecified atom stereocenters. The summed E-state index contributed by atoms with van der Waals surface area (Å²) < 4.78 is 4.66. The van der Waals surface area contributed by atoms with Crippen LogP contribution in [0.15, 0.2) is 0 Å². The van der Waals surface area contributed by atoms with Gasteiger partial charge >= 0.3 is 6.09 Å². The van der Waals surface area contributed by atoms with Gasteiger partial charge in [-0.1, -0.05) is 34.6 Å². The maximum absolute atomic E-state index is 13.0. The quantitative estimate of drug-likeness (QED) is 0.865. The number of methoxy groups -OCH3 is 1. The van der Waals surface area contributed by atoms with E-state index < -0.39 is 12.1 Å². The smallest absolute Gasteiger partial charge is 0.407 e. The van der Waals surface area contributed by atoms with Crippen molar-refractivity contribution in [3.05, 3.63) is 0 Å². The molecule has 0 aromatic rings. The molecule has 5 atom stereocenters. The molecule has 0 aromatic heterocycles. The SMILES string of the molecule is COC(=O)NC(C(=O)N1C2C[C@@H]2[C@@H](C)[C@H]1C(C)C)C(C)C. The van der Waals surface area contributed by atoms with Gasteiger partial charge < -0.3 is 15.0 Å². The summed E-state index contributed by atoms with van der Waals surface area (Å²) in [6.45, 7) is 10.5. The minimum absolute atomic E-state index is 0.0394. The first-order valence-corrected chi connectivity index (χ1v) is 7.96. The molecule has 0 bridgehead atoms. The highest BCUT2D eigenvalue weighted by Crippen LogP contribution is 2.53. The second-order valence-electron chi connectivity index (χ2n) is 7.16. The maximum Gasteiger partial charge on any atom is 0.407 e. The minimum atomic E-state index is -0.539. The maximum atomic E-state index is 13.0. The van der Waals surface area contributed by atoms with E-state index in [4.69, 9.17) is 0 Å². The van der Waals surface area contributed by atoms with Gasteiger partial charge in [0, 0.05) is 12.1 Å². The summed E-state index contributed by atoms with van der Waals surface area (Å²) in [5.74, 6) is 1.71. The van der Waals surface area contributed by atoms with E-state index in [1.165, 1.54) is 7.11 Å². The Labute approximate surface area is 127 Å². The number of carbonyl (C=O) groups is 2. The lowest BCUT2D eigenvalue weighted by Crippen LogP contribution is -2.55. The van der Waals surface area contributed by atoms with Crippen LogP contribution < -0.4 is 5.32 Å². The van der Waals surface area contributed by atoms with Crippen LogP contribution in [0.3, 0.4) is 0 Å². The molecule has 2 fully saturated rings. The molecule has 21 heavy (non-hydrogen) atoms. The molecule has 2 rings (SSSR count).